The topological polar surface area (TPSA) is 113 Å². The van der Waals surface area contributed by atoms with Gasteiger partial charge in [0, 0.05) is 37.2 Å². The minimum Gasteiger partial charge on any atom is -0.481 e. The molecule has 3 heterocycles. The van der Waals surface area contributed by atoms with Crippen LogP contribution in [-0.2, 0) is 20.9 Å². The molecule has 3 N–H and O–H groups in total. The van der Waals surface area contributed by atoms with Gasteiger partial charge in [0.05, 0.1) is 12.2 Å². The number of aryl methyl sites for hydroxylation is 1. The van der Waals surface area contributed by atoms with E-state index in [9.17, 15) is 14.4 Å². The van der Waals surface area contributed by atoms with E-state index < -0.39 is 11.5 Å². The van der Waals surface area contributed by atoms with Crippen LogP contribution in [0.4, 0.5) is 0 Å². The molecule has 27 heavy (non-hydrogen) atoms. The Hall–Kier alpha value is -2.90. The second-order valence-corrected chi connectivity index (χ2v) is 7.15. The SMILES string of the molecule is Cc1cccn2cc(CNC(=O)CC[C@@]3(CCC(=O)O)CCC(=O)N3)nc12. The van der Waals surface area contributed by atoms with E-state index >= 15 is 0 Å². The predicted molar refractivity (Wildman–Crippen MR) is 98.0 cm³/mol. The number of carbonyl (C=O) groups is 3. The van der Waals surface area contributed by atoms with Crippen molar-refractivity contribution in [3.05, 3.63) is 35.8 Å². The molecule has 144 valence electrons. The van der Waals surface area contributed by atoms with Gasteiger partial charge in [0.15, 0.2) is 0 Å². The monoisotopic (exact) mass is 372 g/mol. The fraction of sp³-hybridized carbons (Fsp3) is 0.474. The Bertz CT molecular complexity index is 876. The number of nitrogens with one attached hydrogen (secondary N) is 2. The summed E-state index contributed by atoms with van der Waals surface area (Å²) in [4.78, 5) is 39.2. The maximum Gasteiger partial charge on any atom is 0.303 e. The number of nitrogens with zero attached hydrogens (tertiary/aromatic N) is 2. The smallest absolute Gasteiger partial charge is 0.303 e. The summed E-state index contributed by atoms with van der Waals surface area (Å²) in [6.07, 6.45) is 5.72. The van der Waals surface area contributed by atoms with Crippen molar-refractivity contribution in [2.45, 2.75) is 57.5 Å². The first kappa shape index (κ1) is 18.9. The van der Waals surface area contributed by atoms with E-state index in [1.807, 2.05) is 35.9 Å². The van der Waals surface area contributed by atoms with E-state index in [4.69, 9.17) is 5.11 Å². The first-order valence-electron chi connectivity index (χ1n) is 9.10. The molecule has 0 bridgehead atoms. The van der Waals surface area contributed by atoms with Crippen LogP contribution < -0.4 is 10.6 Å². The predicted octanol–water partition coefficient (Wildman–Crippen LogP) is 1.55. The van der Waals surface area contributed by atoms with Gasteiger partial charge in [-0.05, 0) is 37.8 Å². The molecule has 0 spiro atoms. The number of hydrogen-bond donors (Lipinski definition) is 3. The fourth-order valence-corrected chi connectivity index (χ4v) is 3.54. The molecular formula is C19H24N4O4. The molecule has 8 nitrogen and oxygen atoms in total. The fourth-order valence-electron chi connectivity index (χ4n) is 3.54. The number of rotatable bonds is 8. The number of imidazole rings is 1. The van der Waals surface area contributed by atoms with Gasteiger partial charge in [0.2, 0.25) is 11.8 Å². The van der Waals surface area contributed by atoms with Crippen molar-refractivity contribution in [3.63, 3.8) is 0 Å². The van der Waals surface area contributed by atoms with Gasteiger partial charge in [-0.15, -0.1) is 0 Å². The number of pyridine rings is 1. The number of carboxylic acid groups (broad SMARTS) is 1. The summed E-state index contributed by atoms with van der Waals surface area (Å²) in [6.45, 7) is 2.31. The summed E-state index contributed by atoms with van der Waals surface area (Å²) in [6, 6.07) is 3.93. The van der Waals surface area contributed by atoms with Gasteiger partial charge in [0.1, 0.15) is 5.65 Å². The first-order valence-corrected chi connectivity index (χ1v) is 9.10. The van der Waals surface area contributed by atoms with Crippen LogP contribution in [-0.4, -0.2) is 37.8 Å². The normalized spacial score (nSPS) is 19.2. The van der Waals surface area contributed by atoms with Gasteiger partial charge in [0.25, 0.3) is 0 Å². The third kappa shape index (κ3) is 4.64. The Kier molecular flexibility index (Phi) is 5.43. The van der Waals surface area contributed by atoms with Crippen LogP contribution in [0.5, 0.6) is 0 Å². The number of aromatic nitrogens is 2. The Morgan fingerprint density at radius 2 is 2.15 bits per heavy atom. The Labute approximate surface area is 157 Å². The van der Waals surface area contributed by atoms with Crippen molar-refractivity contribution in [1.82, 2.24) is 20.0 Å². The second kappa shape index (κ2) is 7.77. The molecule has 2 aromatic heterocycles. The quantitative estimate of drug-likeness (QED) is 0.651. The number of amides is 2. The molecule has 2 amide bonds. The zero-order valence-electron chi connectivity index (χ0n) is 15.3. The van der Waals surface area contributed by atoms with Crippen LogP contribution in [0.15, 0.2) is 24.5 Å². The van der Waals surface area contributed by atoms with Gasteiger partial charge < -0.3 is 20.1 Å². The van der Waals surface area contributed by atoms with Gasteiger partial charge in [-0.2, -0.15) is 0 Å². The number of carbonyl (C=O) groups excluding carboxylic acids is 2. The Balaban J connectivity index is 1.53. The highest BCUT2D eigenvalue weighted by Crippen LogP contribution is 2.30. The van der Waals surface area contributed by atoms with Gasteiger partial charge in [-0.1, -0.05) is 6.07 Å². The van der Waals surface area contributed by atoms with Crippen LogP contribution in [0.25, 0.3) is 5.65 Å². The highest BCUT2D eigenvalue weighted by atomic mass is 16.4. The molecule has 1 saturated heterocycles. The zero-order valence-corrected chi connectivity index (χ0v) is 15.3. The van der Waals surface area contributed by atoms with E-state index in [-0.39, 0.29) is 24.7 Å². The third-order valence-electron chi connectivity index (χ3n) is 5.08. The lowest BCUT2D eigenvalue weighted by molar-refractivity contribution is -0.137. The Morgan fingerprint density at radius 1 is 1.37 bits per heavy atom. The molecule has 0 radical (unpaired) electrons. The van der Waals surface area contributed by atoms with Crippen molar-refractivity contribution < 1.29 is 19.5 Å². The van der Waals surface area contributed by atoms with E-state index in [1.165, 1.54) is 0 Å². The van der Waals surface area contributed by atoms with Crippen LogP contribution in [0.1, 0.15) is 49.8 Å². The molecule has 2 aromatic rings. The second-order valence-electron chi connectivity index (χ2n) is 7.15. The van der Waals surface area contributed by atoms with E-state index in [1.54, 1.807) is 0 Å². The first-order chi connectivity index (χ1) is 12.9. The number of hydrogen-bond acceptors (Lipinski definition) is 4. The highest BCUT2D eigenvalue weighted by Gasteiger charge is 2.37. The van der Waals surface area contributed by atoms with E-state index in [0.29, 0.717) is 32.2 Å². The summed E-state index contributed by atoms with van der Waals surface area (Å²) >= 11 is 0. The lowest BCUT2D eigenvalue weighted by atomic mass is 9.86. The van der Waals surface area contributed by atoms with Crippen molar-refractivity contribution in [2.75, 3.05) is 0 Å². The minimum atomic E-state index is -0.901. The molecule has 8 heteroatoms. The molecule has 3 rings (SSSR count). The minimum absolute atomic E-state index is 0.0253. The molecule has 0 aromatic carbocycles. The molecule has 1 atom stereocenters. The molecule has 1 aliphatic heterocycles. The lowest BCUT2D eigenvalue weighted by Crippen LogP contribution is -2.43. The summed E-state index contributed by atoms with van der Waals surface area (Å²) in [5.74, 6) is -1.12. The number of fused-ring (bicyclic) bond motifs is 1. The molecule has 0 aliphatic carbocycles. The maximum atomic E-state index is 12.2. The standard InChI is InChI=1S/C19H24N4O4/c1-13-3-2-10-23-12-14(21-18(13)23)11-20-15(24)4-7-19(9-6-17(26)27)8-5-16(25)22-19/h2-3,10,12H,4-9,11H2,1H3,(H,20,24)(H,22,25)(H,26,27)/t19-/m0/s1. The molecule has 1 fully saturated rings. The molecule has 0 unspecified atom stereocenters. The van der Waals surface area contributed by atoms with Gasteiger partial charge in [-0.3, -0.25) is 14.4 Å². The van der Waals surface area contributed by atoms with Gasteiger partial charge in [-0.25, -0.2) is 4.98 Å². The zero-order chi connectivity index (χ0) is 19.4. The average Bonchev–Trinajstić information content (AvgIpc) is 3.21. The summed E-state index contributed by atoms with van der Waals surface area (Å²) in [7, 11) is 0. The average molecular weight is 372 g/mol. The maximum absolute atomic E-state index is 12.2. The van der Waals surface area contributed by atoms with E-state index in [2.05, 4.69) is 15.6 Å². The Morgan fingerprint density at radius 3 is 2.81 bits per heavy atom. The highest BCUT2D eigenvalue weighted by molar-refractivity contribution is 5.80. The number of carboxylic acids is 1. The van der Waals surface area contributed by atoms with Crippen LogP contribution in [0.2, 0.25) is 0 Å². The van der Waals surface area contributed by atoms with Crippen molar-refractivity contribution >= 4 is 23.4 Å². The van der Waals surface area contributed by atoms with Crippen molar-refractivity contribution in [3.8, 4) is 0 Å². The largest absolute Gasteiger partial charge is 0.481 e. The van der Waals surface area contributed by atoms with Gasteiger partial charge >= 0.3 is 5.97 Å². The van der Waals surface area contributed by atoms with Crippen LogP contribution >= 0.6 is 0 Å². The van der Waals surface area contributed by atoms with Crippen molar-refractivity contribution in [2.24, 2.45) is 0 Å². The summed E-state index contributed by atoms with van der Waals surface area (Å²) in [5, 5.41) is 14.7. The van der Waals surface area contributed by atoms with Crippen molar-refractivity contribution in [1.29, 1.82) is 0 Å². The van der Waals surface area contributed by atoms with Crippen LogP contribution in [0, 0.1) is 6.92 Å². The summed E-state index contributed by atoms with van der Waals surface area (Å²) < 4.78 is 1.92. The summed E-state index contributed by atoms with van der Waals surface area (Å²) in [5.41, 5.74) is 2.11. The molecule has 0 saturated carbocycles. The van der Waals surface area contributed by atoms with E-state index in [0.717, 1.165) is 16.9 Å². The lowest BCUT2D eigenvalue weighted by Gasteiger charge is -2.28. The van der Waals surface area contributed by atoms with Crippen LogP contribution in [0.3, 0.4) is 0 Å². The number of aliphatic carboxylic acids is 1. The molecule has 1 aliphatic rings. The third-order valence-corrected chi connectivity index (χ3v) is 5.08. The molecular weight excluding hydrogens is 348 g/mol.